The molecule has 4 nitrogen and oxygen atoms in total. The van der Waals surface area contributed by atoms with E-state index in [0.717, 1.165) is 10.1 Å². The van der Waals surface area contributed by atoms with Crippen LogP contribution in [0.3, 0.4) is 0 Å². The van der Waals surface area contributed by atoms with Gasteiger partial charge in [0.15, 0.2) is 0 Å². The summed E-state index contributed by atoms with van der Waals surface area (Å²) in [6.45, 7) is 0. The van der Waals surface area contributed by atoms with Crippen molar-refractivity contribution in [3.05, 3.63) is 23.1 Å². The molecule has 0 aliphatic heterocycles. The topological polar surface area (TPSA) is 68.3 Å². The highest BCUT2D eigenvalue weighted by molar-refractivity contribution is 7.13. The van der Waals surface area contributed by atoms with Gasteiger partial charge in [-0.1, -0.05) is 0 Å². The molecule has 2 rings (SSSR count). The lowest BCUT2D eigenvalue weighted by atomic mass is 10.2. The molecule has 0 aliphatic rings. The van der Waals surface area contributed by atoms with Gasteiger partial charge in [-0.05, 0) is 34.9 Å². The Bertz CT molecular complexity index is 437. The Labute approximate surface area is 72.1 Å². The third-order valence-corrected chi connectivity index (χ3v) is 2.43. The maximum atomic E-state index is 10.2. The van der Waals surface area contributed by atoms with Crippen LogP contribution in [0, 0.1) is 4.91 Å². The molecular formula is C7H5N3OS. The first kappa shape index (κ1) is 7.17. The van der Waals surface area contributed by atoms with E-state index in [4.69, 9.17) is 5.73 Å². The summed E-state index contributed by atoms with van der Waals surface area (Å²) in [6, 6.07) is 5.08. The number of fused-ring (bicyclic) bond motifs is 1. The summed E-state index contributed by atoms with van der Waals surface area (Å²) >= 11 is 1.31. The quantitative estimate of drug-likeness (QED) is 0.683. The first-order chi connectivity index (χ1) is 5.81. The zero-order valence-electron chi connectivity index (χ0n) is 6.02. The van der Waals surface area contributed by atoms with Crippen molar-refractivity contribution in [2.75, 3.05) is 5.73 Å². The van der Waals surface area contributed by atoms with Crippen molar-refractivity contribution in [1.29, 1.82) is 0 Å². The molecule has 12 heavy (non-hydrogen) atoms. The second-order valence-electron chi connectivity index (χ2n) is 2.34. The number of benzene rings is 1. The fourth-order valence-corrected chi connectivity index (χ4v) is 1.69. The zero-order valence-corrected chi connectivity index (χ0v) is 6.84. The van der Waals surface area contributed by atoms with Crippen LogP contribution in [0.2, 0.25) is 0 Å². The van der Waals surface area contributed by atoms with E-state index in [2.05, 4.69) is 9.55 Å². The van der Waals surface area contributed by atoms with Gasteiger partial charge in [0.1, 0.15) is 11.5 Å². The number of nitroso groups, excluding NO2 is 1. The molecule has 2 N–H and O–H groups in total. The van der Waals surface area contributed by atoms with Crippen LogP contribution < -0.4 is 5.73 Å². The summed E-state index contributed by atoms with van der Waals surface area (Å²) in [6.07, 6.45) is 0. The molecule has 5 heteroatoms. The Morgan fingerprint density at radius 1 is 1.50 bits per heavy atom. The van der Waals surface area contributed by atoms with E-state index in [0.29, 0.717) is 11.5 Å². The minimum Gasteiger partial charge on any atom is -0.382 e. The molecule has 0 spiro atoms. The van der Waals surface area contributed by atoms with Crippen molar-refractivity contribution in [2.45, 2.75) is 0 Å². The zero-order chi connectivity index (χ0) is 8.55. The van der Waals surface area contributed by atoms with Crippen LogP contribution in [-0.2, 0) is 0 Å². The molecule has 1 aromatic carbocycles. The summed E-state index contributed by atoms with van der Waals surface area (Å²) < 4.78 is 4.92. The number of anilines is 1. The van der Waals surface area contributed by atoms with E-state index < -0.39 is 0 Å². The molecule has 0 atom stereocenters. The van der Waals surface area contributed by atoms with Gasteiger partial charge in [0, 0.05) is 5.39 Å². The Morgan fingerprint density at radius 2 is 2.33 bits per heavy atom. The first-order valence-electron chi connectivity index (χ1n) is 3.29. The number of hydrogen-bond donors (Lipinski definition) is 1. The molecule has 2 aromatic rings. The molecule has 0 saturated heterocycles. The molecule has 0 fully saturated rings. The predicted octanol–water partition coefficient (Wildman–Crippen LogP) is 2.28. The molecule has 0 saturated carbocycles. The second-order valence-corrected chi connectivity index (χ2v) is 3.14. The van der Waals surface area contributed by atoms with E-state index >= 15 is 0 Å². The van der Waals surface area contributed by atoms with Gasteiger partial charge in [0.2, 0.25) is 0 Å². The molecule has 0 unspecified atom stereocenters. The van der Waals surface area contributed by atoms with Gasteiger partial charge in [-0.2, -0.15) is 4.37 Å². The number of rotatable bonds is 1. The fourth-order valence-electron chi connectivity index (χ4n) is 1.00. The highest BCUT2D eigenvalue weighted by Crippen LogP contribution is 2.28. The predicted molar refractivity (Wildman–Crippen MR) is 49.5 cm³/mol. The van der Waals surface area contributed by atoms with E-state index in [-0.39, 0.29) is 0 Å². The maximum Gasteiger partial charge on any atom is 0.145 e. The third kappa shape index (κ3) is 0.947. The summed E-state index contributed by atoms with van der Waals surface area (Å²) in [4.78, 5) is 10.2. The molecule has 1 heterocycles. The first-order valence-corrected chi connectivity index (χ1v) is 4.07. The number of nitrogen functional groups attached to an aromatic ring is 1. The van der Waals surface area contributed by atoms with E-state index in [1.54, 1.807) is 18.2 Å². The molecule has 0 radical (unpaired) electrons. The van der Waals surface area contributed by atoms with Crippen LogP contribution in [0.5, 0.6) is 0 Å². The summed E-state index contributed by atoms with van der Waals surface area (Å²) in [5, 5.41) is 3.62. The van der Waals surface area contributed by atoms with Crippen molar-refractivity contribution in [3.8, 4) is 0 Å². The van der Waals surface area contributed by atoms with E-state index in [1.165, 1.54) is 11.5 Å². The van der Waals surface area contributed by atoms with E-state index in [1.807, 2.05) is 0 Å². The minimum atomic E-state index is 0.384. The number of nitrogens with two attached hydrogens (primary N) is 1. The summed E-state index contributed by atoms with van der Waals surface area (Å²) in [7, 11) is 0. The van der Waals surface area contributed by atoms with Crippen LogP contribution in [0.25, 0.3) is 10.1 Å². The summed E-state index contributed by atoms with van der Waals surface area (Å²) in [5.41, 5.74) is 5.94. The van der Waals surface area contributed by atoms with Crippen LogP contribution in [0.4, 0.5) is 11.5 Å². The van der Waals surface area contributed by atoms with Gasteiger partial charge in [-0.25, -0.2) is 0 Å². The normalized spacial score (nSPS) is 10.3. The van der Waals surface area contributed by atoms with Gasteiger partial charge in [-0.3, -0.25) is 0 Å². The van der Waals surface area contributed by atoms with Gasteiger partial charge in [0.05, 0.1) is 4.70 Å². The van der Waals surface area contributed by atoms with Crippen molar-refractivity contribution in [2.24, 2.45) is 5.18 Å². The van der Waals surface area contributed by atoms with Crippen LogP contribution in [0.1, 0.15) is 0 Å². The molecule has 0 bridgehead atoms. The maximum absolute atomic E-state index is 10.2. The number of hydrogen-bond acceptors (Lipinski definition) is 5. The lowest BCUT2D eigenvalue weighted by Gasteiger charge is -1.89. The van der Waals surface area contributed by atoms with Crippen molar-refractivity contribution < 1.29 is 0 Å². The molecule has 60 valence electrons. The monoisotopic (exact) mass is 179 g/mol. The Hall–Kier alpha value is -1.49. The number of aromatic nitrogens is 1. The Balaban J connectivity index is 2.79. The van der Waals surface area contributed by atoms with Crippen LogP contribution >= 0.6 is 11.5 Å². The van der Waals surface area contributed by atoms with Gasteiger partial charge >= 0.3 is 0 Å². The SMILES string of the molecule is Nc1nsc2ccc(N=O)cc12. The molecule has 0 aliphatic carbocycles. The van der Waals surface area contributed by atoms with Gasteiger partial charge in [-0.15, -0.1) is 4.91 Å². The Kier molecular flexibility index (Phi) is 1.51. The third-order valence-electron chi connectivity index (χ3n) is 1.59. The average molecular weight is 179 g/mol. The molecular weight excluding hydrogens is 174 g/mol. The Morgan fingerprint density at radius 3 is 3.08 bits per heavy atom. The van der Waals surface area contributed by atoms with Crippen molar-refractivity contribution >= 4 is 33.1 Å². The van der Waals surface area contributed by atoms with Gasteiger partial charge < -0.3 is 5.73 Å². The largest absolute Gasteiger partial charge is 0.382 e. The van der Waals surface area contributed by atoms with Gasteiger partial charge in [0.25, 0.3) is 0 Å². The summed E-state index contributed by atoms with van der Waals surface area (Å²) in [5.74, 6) is 0.459. The van der Waals surface area contributed by atoms with Crippen LogP contribution in [0.15, 0.2) is 23.4 Å². The highest BCUT2D eigenvalue weighted by Gasteiger charge is 2.02. The smallest absolute Gasteiger partial charge is 0.145 e. The minimum absolute atomic E-state index is 0.384. The lowest BCUT2D eigenvalue weighted by molar-refractivity contribution is 1.52. The lowest BCUT2D eigenvalue weighted by Crippen LogP contribution is -1.82. The average Bonchev–Trinajstić information content (AvgIpc) is 2.47. The molecule has 1 aromatic heterocycles. The van der Waals surface area contributed by atoms with Crippen LogP contribution in [-0.4, -0.2) is 4.37 Å². The molecule has 0 amide bonds. The highest BCUT2D eigenvalue weighted by atomic mass is 32.1. The fraction of sp³-hybridized carbons (Fsp3) is 0. The van der Waals surface area contributed by atoms with Crippen molar-refractivity contribution in [1.82, 2.24) is 4.37 Å². The standard InChI is InChI=1S/C7H5N3OS/c8-7-5-3-4(9-11)1-2-6(5)12-10-7/h1-3H,(H2,8,10). The number of nitrogens with zero attached hydrogens (tertiary/aromatic N) is 2. The van der Waals surface area contributed by atoms with Crippen molar-refractivity contribution in [3.63, 3.8) is 0 Å². The van der Waals surface area contributed by atoms with E-state index in [9.17, 15) is 4.91 Å². The second kappa shape index (κ2) is 2.53.